The Morgan fingerprint density at radius 3 is 1.06 bits per heavy atom. The number of hydrogen-bond acceptors (Lipinski definition) is 7. The van der Waals surface area contributed by atoms with Gasteiger partial charge in [0.1, 0.15) is 0 Å². The van der Waals surface area contributed by atoms with Gasteiger partial charge in [-0.2, -0.15) is 25.3 Å². The van der Waals surface area contributed by atoms with Crippen LogP contribution in [0.15, 0.2) is 0 Å². The van der Waals surface area contributed by atoms with E-state index < -0.39 is 47.3 Å². The predicted octanol–water partition coefficient (Wildman–Crippen LogP) is -2.03. The lowest BCUT2D eigenvalue weighted by atomic mass is 10.9. The zero-order valence-corrected chi connectivity index (χ0v) is 10.9. The van der Waals surface area contributed by atoms with Crippen molar-refractivity contribution in [1.82, 2.24) is 0 Å². The molecule has 0 saturated carbocycles. The summed E-state index contributed by atoms with van der Waals surface area (Å²) in [6, 6.07) is 0. The number of aliphatic hydroxyl groups is 1. The molecular weight excluding hydrogens is 304 g/mol. The van der Waals surface area contributed by atoms with Crippen molar-refractivity contribution in [2.45, 2.75) is 12.4 Å². The van der Waals surface area contributed by atoms with Gasteiger partial charge in [-0.1, -0.05) is 0 Å². The van der Waals surface area contributed by atoms with E-state index in [1.165, 1.54) is 0 Å². The van der Waals surface area contributed by atoms with Gasteiger partial charge in [0, 0.05) is 0 Å². The fourth-order valence-electron chi connectivity index (χ4n) is 0.211. The molecule has 0 aromatic heterocycles. The summed E-state index contributed by atoms with van der Waals surface area (Å²) < 4.78 is 82.5. The van der Waals surface area contributed by atoms with Crippen LogP contribution in [-0.2, 0) is 30.4 Å². The zero-order valence-electron chi connectivity index (χ0n) is 8.45. The third kappa shape index (κ3) is 18.3. The standard InChI is InChI=1S/C2H6O6S2.C2H6O4S/c3-9(4,5)1-2-10(6,7)8;1-2(3)7(4,5)6/h1-2H2,(H,3,4,5)(H,6,7,8);2-3H,1H3,(H,4,5,6). The molecule has 0 aromatic carbocycles. The largest absolute Gasteiger partial charge is 0.375 e. The molecule has 17 heavy (non-hydrogen) atoms. The van der Waals surface area contributed by atoms with Crippen molar-refractivity contribution in [2.24, 2.45) is 0 Å². The maximum Gasteiger partial charge on any atom is 0.291 e. The summed E-state index contributed by atoms with van der Waals surface area (Å²) in [4.78, 5) is 0. The van der Waals surface area contributed by atoms with Crippen LogP contribution >= 0.6 is 0 Å². The van der Waals surface area contributed by atoms with Gasteiger partial charge in [-0.05, 0) is 6.92 Å². The van der Waals surface area contributed by atoms with E-state index in [0.29, 0.717) is 0 Å². The van der Waals surface area contributed by atoms with Gasteiger partial charge in [0.25, 0.3) is 30.4 Å². The van der Waals surface area contributed by atoms with E-state index in [-0.39, 0.29) is 0 Å². The Kier molecular flexibility index (Phi) is 7.37. The summed E-state index contributed by atoms with van der Waals surface area (Å²) in [7, 11) is -12.8. The second-order valence-electron chi connectivity index (χ2n) is 2.69. The molecule has 4 N–H and O–H groups in total. The molecular formula is C4H12O10S3. The fraction of sp³-hybridized carbons (Fsp3) is 1.00. The normalized spacial score (nSPS) is 14.6. The summed E-state index contributed by atoms with van der Waals surface area (Å²) >= 11 is 0. The van der Waals surface area contributed by atoms with E-state index in [4.69, 9.17) is 18.8 Å². The quantitative estimate of drug-likeness (QED) is 0.422. The highest BCUT2D eigenvalue weighted by Gasteiger charge is 2.11. The smallest absolute Gasteiger partial charge is 0.291 e. The molecule has 0 amide bonds. The summed E-state index contributed by atoms with van der Waals surface area (Å²) in [6.45, 7) is 0.968. The van der Waals surface area contributed by atoms with Crippen LogP contribution in [0, 0.1) is 0 Å². The summed E-state index contributed by atoms with van der Waals surface area (Å²) in [5, 5.41) is 8.05. The van der Waals surface area contributed by atoms with E-state index >= 15 is 0 Å². The molecule has 0 aliphatic heterocycles. The molecule has 0 spiro atoms. The molecule has 0 aliphatic carbocycles. The Hall–Kier alpha value is -0.310. The average molecular weight is 316 g/mol. The number of hydrogen-bond donors (Lipinski definition) is 4. The van der Waals surface area contributed by atoms with Gasteiger partial charge in [-0.15, -0.1) is 0 Å². The molecule has 0 heterocycles. The van der Waals surface area contributed by atoms with Crippen LogP contribution in [-0.4, -0.2) is 61.0 Å². The molecule has 0 saturated heterocycles. The SMILES string of the molecule is CC(O)S(=O)(=O)O.O=S(=O)(O)CCS(=O)(=O)O. The first kappa shape index (κ1) is 19.0. The fourth-order valence-corrected chi connectivity index (χ4v) is 1.90. The van der Waals surface area contributed by atoms with Crippen molar-refractivity contribution in [3.8, 4) is 0 Å². The lowest BCUT2D eigenvalue weighted by Crippen LogP contribution is -2.15. The number of rotatable bonds is 4. The van der Waals surface area contributed by atoms with Gasteiger partial charge in [-0.3, -0.25) is 13.7 Å². The highest BCUT2D eigenvalue weighted by atomic mass is 32.2. The van der Waals surface area contributed by atoms with Crippen LogP contribution in [0.25, 0.3) is 0 Å². The second kappa shape index (κ2) is 6.58. The Bertz CT molecular complexity index is 476. The van der Waals surface area contributed by atoms with Crippen LogP contribution in [0.4, 0.5) is 0 Å². The van der Waals surface area contributed by atoms with Gasteiger partial charge in [-0.25, -0.2) is 0 Å². The average Bonchev–Trinajstić information content (AvgIpc) is 1.97. The second-order valence-corrected chi connectivity index (χ2v) is 7.54. The van der Waals surface area contributed by atoms with Gasteiger partial charge in [0.2, 0.25) is 0 Å². The lowest BCUT2D eigenvalue weighted by molar-refractivity contribution is 0.252. The first-order valence-corrected chi connectivity index (χ1v) is 8.42. The molecule has 0 fully saturated rings. The molecule has 0 aliphatic rings. The maximum absolute atomic E-state index is 9.86. The third-order valence-corrected chi connectivity index (χ3v) is 3.59. The van der Waals surface area contributed by atoms with Crippen molar-refractivity contribution < 1.29 is 44.0 Å². The predicted molar refractivity (Wildman–Crippen MR) is 56.1 cm³/mol. The molecule has 0 rings (SSSR count). The van der Waals surface area contributed by atoms with Crippen LogP contribution < -0.4 is 0 Å². The van der Waals surface area contributed by atoms with Crippen molar-refractivity contribution in [3.05, 3.63) is 0 Å². The molecule has 106 valence electrons. The number of aliphatic hydroxyl groups excluding tert-OH is 1. The molecule has 0 aromatic rings. The van der Waals surface area contributed by atoms with Crippen molar-refractivity contribution in [2.75, 3.05) is 11.5 Å². The maximum atomic E-state index is 9.86. The van der Waals surface area contributed by atoms with Gasteiger partial charge < -0.3 is 5.11 Å². The first-order chi connectivity index (χ1) is 7.15. The van der Waals surface area contributed by atoms with Gasteiger partial charge >= 0.3 is 0 Å². The Morgan fingerprint density at radius 1 is 0.824 bits per heavy atom. The lowest BCUT2D eigenvalue weighted by Gasteiger charge is -1.94. The van der Waals surface area contributed by atoms with Crippen molar-refractivity contribution in [3.63, 3.8) is 0 Å². The van der Waals surface area contributed by atoms with Gasteiger partial charge in [0.15, 0.2) is 5.44 Å². The first-order valence-electron chi connectivity index (χ1n) is 3.70. The van der Waals surface area contributed by atoms with E-state index in [1.807, 2.05) is 0 Å². The van der Waals surface area contributed by atoms with Crippen LogP contribution in [0.1, 0.15) is 6.92 Å². The molecule has 0 bridgehead atoms. The highest BCUT2D eigenvalue weighted by molar-refractivity contribution is 7.89. The Labute approximate surface area is 98.5 Å². The van der Waals surface area contributed by atoms with Crippen LogP contribution in [0.5, 0.6) is 0 Å². The minimum atomic E-state index is -4.30. The van der Waals surface area contributed by atoms with Crippen LogP contribution in [0.3, 0.4) is 0 Å². The summed E-state index contributed by atoms with van der Waals surface area (Å²) in [5.41, 5.74) is -1.67. The topological polar surface area (TPSA) is 183 Å². The Balaban J connectivity index is 0. The monoisotopic (exact) mass is 316 g/mol. The molecule has 10 nitrogen and oxygen atoms in total. The van der Waals surface area contributed by atoms with Crippen molar-refractivity contribution in [1.29, 1.82) is 0 Å². The van der Waals surface area contributed by atoms with Gasteiger partial charge in [0.05, 0.1) is 11.5 Å². The molecule has 0 radical (unpaired) electrons. The Morgan fingerprint density at radius 2 is 1.00 bits per heavy atom. The molecule has 13 heteroatoms. The van der Waals surface area contributed by atoms with E-state index in [2.05, 4.69) is 0 Å². The minimum absolute atomic E-state index is 0.968. The van der Waals surface area contributed by atoms with E-state index in [9.17, 15) is 25.3 Å². The minimum Gasteiger partial charge on any atom is -0.375 e. The molecule has 1 unspecified atom stereocenters. The summed E-state index contributed by atoms with van der Waals surface area (Å²) in [6.07, 6.45) is 0. The van der Waals surface area contributed by atoms with E-state index in [1.54, 1.807) is 0 Å². The van der Waals surface area contributed by atoms with Crippen LogP contribution in [0.2, 0.25) is 0 Å². The van der Waals surface area contributed by atoms with E-state index in [0.717, 1.165) is 6.92 Å². The zero-order chi connectivity index (χ0) is 14.5. The highest BCUT2D eigenvalue weighted by Crippen LogP contribution is 1.88. The summed E-state index contributed by atoms with van der Waals surface area (Å²) in [5.74, 6) is -1.96. The third-order valence-electron chi connectivity index (χ3n) is 1.03. The van der Waals surface area contributed by atoms with Crippen molar-refractivity contribution >= 4 is 30.4 Å². The molecule has 1 atom stereocenters.